The number of carbonyl (C=O) groups is 2. The van der Waals surface area contributed by atoms with Crippen LogP contribution in [0.15, 0.2) is 42.5 Å². The van der Waals surface area contributed by atoms with E-state index in [-0.39, 0.29) is 11.3 Å². The van der Waals surface area contributed by atoms with Crippen LogP contribution >= 0.6 is 0 Å². The first-order valence-corrected chi connectivity index (χ1v) is 7.93. The van der Waals surface area contributed by atoms with Crippen molar-refractivity contribution in [3.8, 4) is 17.2 Å². The zero-order valence-corrected chi connectivity index (χ0v) is 14.9. The Morgan fingerprint density at radius 1 is 0.923 bits per heavy atom. The predicted molar refractivity (Wildman–Crippen MR) is 95.1 cm³/mol. The fourth-order valence-corrected chi connectivity index (χ4v) is 2.32. The lowest BCUT2D eigenvalue weighted by atomic mass is 10.1. The van der Waals surface area contributed by atoms with Crippen molar-refractivity contribution in [3.63, 3.8) is 0 Å². The zero-order valence-electron chi connectivity index (χ0n) is 14.9. The van der Waals surface area contributed by atoms with Crippen LogP contribution in [0.2, 0.25) is 0 Å². The maximum absolute atomic E-state index is 12.0. The molecule has 1 amide bonds. The Balaban J connectivity index is 1.91. The molecule has 1 N–H and O–H groups in total. The number of benzene rings is 2. The molecule has 26 heavy (non-hydrogen) atoms. The fraction of sp³-hybridized carbons (Fsp3) is 0.263. The van der Waals surface area contributed by atoms with Crippen LogP contribution in [0.25, 0.3) is 0 Å². The number of rotatable bonds is 7. The number of para-hydroxylation sites is 1. The molecule has 2 aromatic rings. The Bertz CT molecular complexity index is 774. The highest BCUT2D eigenvalue weighted by Gasteiger charge is 2.15. The van der Waals surface area contributed by atoms with E-state index in [4.69, 9.17) is 14.2 Å². The summed E-state index contributed by atoms with van der Waals surface area (Å²) < 4.78 is 20.3. The lowest BCUT2D eigenvalue weighted by Crippen LogP contribution is -2.29. The number of hydrogen-bond donors (Lipinski definition) is 1. The number of hydrogen-bond acceptors (Lipinski definition) is 6. The maximum Gasteiger partial charge on any atom is 0.412 e. The van der Waals surface area contributed by atoms with Crippen molar-refractivity contribution in [1.82, 2.24) is 5.32 Å². The van der Waals surface area contributed by atoms with E-state index < -0.39 is 12.1 Å². The molecule has 0 saturated carbocycles. The van der Waals surface area contributed by atoms with Crippen LogP contribution in [-0.4, -0.2) is 39.9 Å². The Hall–Kier alpha value is -3.22. The number of methoxy groups -OCH3 is 3. The highest BCUT2D eigenvalue weighted by atomic mass is 16.6. The average Bonchev–Trinajstić information content (AvgIpc) is 2.67. The second-order valence-electron chi connectivity index (χ2n) is 5.24. The molecule has 0 spiro atoms. The summed E-state index contributed by atoms with van der Waals surface area (Å²) in [5.41, 5.74) is 1.16. The van der Waals surface area contributed by atoms with E-state index in [1.807, 2.05) is 12.1 Å². The lowest BCUT2D eigenvalue weighted by Gasteiger charge is -2.11. The maximum atomic E-state index is 12.0. The van der Waals surface area contributed by atoms with E-state index in [0.717, 1.165) is 5.56 Å². The SMILES string of the molecule is COC(=O)c1ccccc1OC(=O)NCCc1ccc(OC)c(OC)c1. The van der Waals surface area contributed by atoms with Crippen molar-refractivity contribution >= 4 is 12.1 Å². The van der Waals surface area contributed by atoms with Crippen molar-refractivity contribution in [3.05, 3.63) is 53.6 Å². The van der Waals surface area contributed by atoms with Crippen molar-refractivity contribution in [2.24, 2.45) is 0 Å². The molecule has 7 heteroatoms. The van der Waals surface area contributed by atoms with Crippen LogP contribution < -0.4 is 19.5 Å². The first-order valence-electron chi connectivity index (χ1n) is 7.93. The van der Waals surface area contributed by atoms with E-state index in [2.05, 4.69) is 10.1 Å². The van der Waals surface area contributed by atoms with Crippen molar-refractivity contribution in [2.75, 3.05) is 27.9 Å². The number of nitrogens with one attached hydrogen (secondary N) is 1. The van der Waals surface area contributed by atoms with E-state index >= 15 is 0 Å². The number of carbonyl (C=O) groups excluding carboxylic acids is 2. The van der Waals surface area contributed by atoms with Crippen LogP contribution in [0, 0.1) is 0 Å². The van der Waals surface area contributed by atoms with Gasteiger partial charge in [0, 0.05) is 6.54 Å². The summed E-state index contributed by atoms with van der Waals surface area (Å²) in [6.45, 7) is 0.356. The molecule has 0 radical (unpaired) electrons. The van der Waals surface area contributed by atoms with Gasteiger partial charge < -0.3 is 24.3 Å². The second-order valence-corrected chi connectivity index (χ2v) is 5.24. The molecule has 0 fully saturated rings. The third-order valence-corrected chi connectivity index (χ3v) is 3.63. The summed E-state index contributed by atoms with van der Waals surface area (Å²) in [5.74, 6) is 0.837. The minimum atomic E-state index is -0.651. The van der Waals surface area contributed by atoms with Gasteiger partial charge in [0.15, 0.2) is 11.5 Å². The molecule has 0 atom stereocenters. The molecule has 138 valence electrons. The fourth-order valence-electron chi connectivity index (χ4n) is 2.32. The first-order chi connectivity index (χ1) is 12.6. The summed E-state index contributed by atoms with van der Waals surface area (Å²) in [5, 5.41) is 2.64. The zero-order chi connectivity index (χ0) is 18.9. The average molecular weight is 359 g/mol. The van der Waals surface area contributed by atoms with Gasteiger partial charge in [-0.3, -0.25) is 0 Å². The molecule has 2 aromatic carbocycles. The lowest BCUT2D eigenvalue weighted by molar-refractivity contribution is 0.0598. The van der Waals surface area contributed by atoms with Gasteiger partial charge in [-0.1, -0.05) is 18.2 Å². The second kappa shape index (κ2) is 9.31. The van der Waals surface area contributed by atoms with Crippen LogP contribution in [0.4, 0.5) is 4.79 Å². The Morgan fingerprint density at radius 3 is 2.35 bits per heavy atom. The number of esters is 1. The smallest absolute Gasteiger partial charge is 0.412 e. The van der Waals surface area contributed by atoms with Gasteiger partial charge in [-0.25, -0.2) is 9.59 Å². The van der Waals surface area contributed by atoms with E-state index in [0.29, 0.717) is 24.5 Å². The monoisotopic (exact) mass is 359 g/mol. The molecule has 0 aromatic heterocycles. The number of ether oxygens (including phenoxy) is 4. The summed E-state index contributed by atoms with van der Waals surface area (Å²) in [4.78, 5) is 23.6. The molecular formula is C19H21NO6. The molecule has 0 bridgehead atoms. The predicted octanol–water partition coefficient (Wildman–Crippen LogP) is 2.82. The van der Waals surface area contributed by atoms with Crippen molar-refractivity contribution in [2.45, 2.75) is 6.42 Å². The normalized spacial score (nSPS) is 9.96. The van der Waals surface area contributed by atoms with Gasteiger partial charge in [-0.05, 0) is 36.2 Å². The summed E-state index contributed by atoms with van der Waals surface area (Å²) in [7, 11) is 4.40. The molecule has 0 heterocycles. The van der Waals surface area contributed by atoms with Gasteiger partial charge in [-0.15, -0.1) is 0 Å². The Labute approximate surface area is 151 Å². The summed E-state index contributed by atoms with van der Waals surface area (Å²) in [6, 6.07) is 11.9. The first kappa shape index (κ1) is 19.1. The molecule has 0 aliphatic rings. The standard InChI is InChI=1S/C19H21NO6/c1-23-16-9-8-13(12-17(16)24-2)10-11-20-19(22)26-15-7-5-4-6-14(15)18(21)25-3/h4-9,12H,10-11H2,1-3H3,(H,20,22). The van der Waals surface area contributed by atoms with E-state index in [1.165, 1.54) is 19.2 Å². The van der Waals surface area contributed by atoms with Crippen molar-refractivity contribution < 1.29 is 28.5 Å². The van der Waals surface area contributed by atoms with Gasteiger partial charge >= 0.3 is 12.1 Å². The largest absolute Gasteiger partial charge is 0.493 e. The van der Waals surface area contributed by atoms with Crippen LogP contribution in [0.3, 0.4) is 0 Å². The van der Waals surface area contributed by atoms with Gasteiger partial charge in [0.1, 0.15) is 11.3 Å². The third-order valence-electron chi connectivity index (χ3n) is 3.63. The number of amides is 1. The topological polar surface area (TPSA) is 83.1 Å². The molecule has 0 aliphatic heterocycles. The minimum absolute atomic E-state index is 0.142. The molecule has 2 rings (SSSR count). The van der Waals surface area contributed by atoms with Crippen LogP contribution in [0.5, 0.6) is 17.2 Å². The van der Waals surface area contributed by atoms with E-state index in [1.54, 1.807) is 32.4 Å². The highest BCUT2D eigenvalue weighted by molar-refractivity contribution is 5.93. The summed E-state index contributed by atoms with van der Waals surface area (Å²) >= 11 is 0. The van der Waals surface area contributed by atoms with Gasteiger partial charge in [-0.2, -0.15) is 0 Å². The summed E-state index contributed by atoms with van der Waals surface area (Å²) in [6.07, 6.45) is -0.0736. The Kier molecular flexibility index (Phi) is 6.84. The van der Waals surface area contributed by atoms with Crippen LogP contribution in [0.1, 0.15) is 15.9 Å². The van der Waals surface area contributed by atoms with Gasteiger partial charge in [0.25, 0.3) is 0 Å². The van der Waals surface area contributed by atoms with Gasteiger partial charge in [0.05, 0.1) is 21.3 Å². The molecule has 0 unspecified atom stereocenters. The van der Waals surface area contributed by atoms with Crippen LogP contribution in [-0.2, 0) is 11.2 Å². The third kappa shape index (κ3) is 4.89. The molecule has 7 nitrogen and oxygen atoms in total. The van der Waals surface area contributed by atoms with E-state index in [9.17, 15) is 9.59 Å². The molecule has 0 saturated heterocycles. The van der Waals surface area contributed by atoms with Crippen molar-refractivity contribution in [1.29, 1.82) is 0 Å². The molecular weight excluding hydrogens is 338 g/mol. The highest BCUT2D eigenvalue weighted by Crippen LogP contribution is 2.27. The van der Waals surface area contributed by atoms with Gasteiger partial charge in [0.2, 0.25) is 0 Å². The molecule has 0 aliphatic carbocycles. The Morgan fingerprint density at radius 2 is 1.65 bits per heavy atom. The minimum Gasteiger partial charge on any atom is -0.493 e. The quantitative estimate of drug-likeness (QED) is 0.766.